The molecule has 2 heterocycles. The van der Waals surface area contributed by atoms with Crippen LogP contribution in [0.4, 0.5) is 13.2 Å². The molecule has 1 fully saturated rings. The number of rotatable bonds is 6. The van der Waals surface area contributed by atoms with Crippen LogP contribution in [-0.2, 0) is 4.79 Å². The van der Waals surface area contributed by atoms with Gasteiger partial charge >= 0.3 is 12.1 Å². The van der Waals surface area contributed by atoms with E-state index in [2.05, 4.69) is 4.98 Å². The van der Waals surface area contributed by atoms with Crippen LogP contribution in [-0.4, -0.2) is 39.3 Å². The van der Waals surface area contributed by atoms with E-state index in [1.807, 2.05) is 36.4 Å². The predicted molar refractivity (Wildman–Crippen MR) is 130 cm³/mol. The Labute approximate surface area is 208 Å². The lowest BCUT2D eigenvalue weighted by Gasteiger charge is -2.14. The number of hydrogen-bond acceptors (Lipinski definition) is 4. The number of alkyl halides is 3. The van der Waals surface area contributed by atoms with Gasteiger partial charge in [0.05, 0.1) is 11.3 Å². The molecule has 0 aliphatic heterocycles. The minimum atomic E-state index is -4.62. The number of benzene rings is 2. The number of carbonyl (C=O) groups excluding carboxylic acids is 1. The average Bonchev–Trinajstić information content (AvgIpc) is 3.69. The summed E-state index contributed by atoms with van der Waals surface area (Å²) in [6, 6.07) is 17.7. The molecule has 1 aliphatic carbocycles. The van der Waals surface area contributed by atoms with Crippen LogP contribution in [0.2, 0.25) is 0 Å². The van der Waals surface area contributed by atoms with Crippen molar-refractivity contribution in [3.05, 3.63) is 94.4 Å². The normalized spacial score (nSPS) is 16.9. The smallest absolute Gasteiger partial charge is 0.405 e. The van der Waals surface area contributed by atoms with Crippen LogP contribution in [0.15, 0.2) is 77.9 Å². The van der Waals surface area contributed by atoms with Crippen LogP contribution < -0.4 is 10.7 Å². The zero-order chi connectivity index (χ0) is 26.3. The lowest BCUT2D eigenvalue weighted by molar-refractivity contribution is -0.138. The molecule has 5 rings (SSSR count). The van der Waals surface area contributed by atoms with Gasteiger partial charge in [-0.2, -0.15) is 13.2 Å². The van der Waals surface area contributed by atoms with Crippen molar-refractivity contribution in [2.45, 2.75) is 18.5 Å². The third-order valence-corrected chi connectivity index (χ3v) is 6.36. The van der Waals surface area contributed by atoms with Crippen LogP contribution in [0.3, 0.4) is 0 Å². The summed E-state index contributed by atoms with van der Waals surface area (Å²) in [5.41, 5.74) is 2.27. The Hall–Kier alpha value is -4.47. The van der Waals surface area contributed by atoms with Gasteiger partial charge in [-0.15, -0.1) is 0 Å². The Bertz CT molecular complexity index is 1580. The quantitative estimate of drug-likeness (QED) is 0.399. The van der Waals surface area contributed by atoms with Gasteiger partial charge in [0.15, 0.2) is 0 Å². The summed E-state index contributed by atoms with van der Waals surface area (Å²) in [6.07, 6.45) is -1.32. The van der Waals surface area contributed by atoms with Gasteiger partial charge in [0.25, 0.3) is 5.91 Å². The van der Waals surface area contributed by atoms with Gasteiger partial charge in [-0.3, -0.25) is 14.4 Å². The number of carbonyl (C=O) groups is 2. The van der Waals surface area contributed by atoms with E-state index in [9.17, 15) is 27.6 Å². The molecule has 37 heavy (non-hydrogen) atoms. The van der Waals surface area contributed by atoms with Crippen LogP contribution in [0.1, 0.15) is 28.3 Å². The zero-order valence-electron chi connectivity index (χ0n) is 19.2. The van der Waals surface area contributed by atoms with Gasteiger partial charge < -0.3 is 15.0 Å². The number of carboxylic acid groups (broad SMARTS) is 1. The summed E-state index contributed by atoms with van der Waals surface area (Å²) < 4.78 is 39.4. The van der Waals surface area contributed by atoms with Crippen LogP contribution >= 0.6 is 0 Å². The van der Waals surface area contributed by atoms with Crippen molar-refractivity contribution in [2.75, 3.05) is 6.54 Å². The van der Waals surface area contributed by atoms with Crippen molar-refractivity contribution in [2.24, 2.45) is 5.92 Å². The van der Waals surface area contributed by atoms with E-state index in [1.54, 1.807) is 17.4 Å². The van der Waals surface area contributed by atoms with Gasteiger partial charge in [0.1, 0.15) is 17.8 Å². The molecule has 1 aliphatic rings. The molecule has 2 atom stereocenters. The molecular weight excluding hydrogens is 487 g/mol. The first-order valence-electron chi connectivity index (χ1n) is 11.4. The molecule has 2 aromatic carbocycles. The standard InChI is InChI=1S/C27H20F3N3O4/c28-27(29,30)14-32-25(35)22-13-33(24-19(23(22)34)5-2-10-31-24)18-4-1-3-17(11-18)15-6-8-16(9-7-15)20-12-21(20)26(36)37/h1-11,13,20-21H,12,14H2,(H,32,35)(H,36,37)/t20-,21+/m0/s1. The molecule has 7 nitrogen and oxygen atoms in total. The number of nitrogens with zero attached hydrogens (tertiary/aromatic N) is 2. The van der Waals surface area contributed by atoms with Crippen molar-refractivity contribution in [1.29, 1.82) is 0 Å². The van der Waals surface area contributed by atoms with E-state index in [0.29, 0.717) is 12.1 Å². The van der Waals surface area contributed by atoms with Gasteiger partial charge in [0.2, 0.25) is 5.43 Å². The molecule has 0 spiro atoms. The first-order chi connectivity index (χ1) is 17.6. The second kappa shape index (κ2) is 9.20. The lowest BCUT2D eigenvalue weighted by atomic mass is 10.0. The number of halogens is 3. The first kappa shape index (κ1) is 24.2. The molecule has 0 radical (unpaired) electrons. The Morgan fingerprint density at radius 3 is 2.49 bits per heavy atom. The number of pyridine rings is 2. The van der Waals surface area contributed by atoms with E-state index in [4.69, 9.17) is 5.11 Å². The van der Waals surface area contributed by atoms with Crippen molar-refractivity contribution in [3.63, 3.8) is 0 Å². The highest BCUT2D eigenvalue weighted by Crippen LogP contribution is 2.47. The van der Waals surface area contributed by atoms with Crippen molar-refractivity contribution < 1.29 is 27.9 Å². The highest BCUT2D eigenvalue weighted by atomic mass is 19.4. The highest BCUT2D eigenvalue weighted by Gasteiger charge is 2.44. The molecule has 2 N–H and O–H groups in total. The molecule has 10 heteroatoms. The first-order valence-corrected chi connectivity index (χ1v) is 11.4. The number of fused-ring (bicyclic) bond motifs is 1. The molecule has 0 saturated heterocycles. The Morgan fingerprint density at radius 1 is 1.05 bits per heavy atom. The van der Waals surface area contributed by atoms with Crippen LogP contribution in [0.5, 0.6) is 0 Å². The Balaban J connectivity index is 1.52. The second-order valence-electron chi connectivity index (χ2n) is 8.87. The maximum Gasteiger partial charge on any atom is 0.405 e. The molecule has 2 aromatic heterocycles. The molecule has 188 valence electrons. The number of aliphatic carboxylic acids is 1. The fourth-order valence-corrected chi connectivity index (χ4v) is 4.39. The van der Waals surface area contributed by atoms with Crippen LogP contribution in [0.25, 0.3) is 27.8 Å². The van der Waals surface area contributed by atoms with Gasteiger partial charge in [-0.1, -0.05) is 36.4 Å². The van der Waals surface area contributed by atoms with Crippen molar-refractivity contribution in [1.82, 2.24) is 14.9 Å². The third-order valence-electron chi connectivity index (χ3n) is 6.36. The lowest BCUT2D eigenvalue weighted by Crippen LogP contribution is -2.36. The maximum absolute atomic E-state index is 12.9. The second-order valence-corrected chi connectivity index (χ2v) is 8.87. The minimum Gasteiger partial charge on any atom is -0.481 e. The van der Waals surface area contributed by atoms with Gasteiger partial charge in [-0.25, -0.2) is 4.98 Å². The minimum absolute atomic E-state index is 0.0124. The molecule has 0 bridgehead atoms. The number of hydrogen-bond donors (Lipinski definition) is 2. The summed E-state index contributed by atoms with van der Waals surface area (Å²) in [5.74, 6) is -2.26. The topological polar surface area (TPSA) is 101 Å². The van der Waals surface area contributed by atoms with Crippen molar-refractivity contribution >= 4 is 22.9 Å². The van der Waals surface area contributed by atoms with Gasteiger partial charge in [0, 0.05) is 18.1 Å². The number of carboxylic acids is 1. The zero-order valence-corrected chi connectivity index (χ0v) is 19.2. The summed E-state index contributed by atoms with van der Waals surface area (Å²) in [4.78, 5) is 40.8. The number of nitrogens with one attached hydrogen (secondary N) is 1. The SMILES string of the molecule is O=C(NCC(F)(F)F)c1cn(-c2cccc(-c3ccc([C@@H]4C[C@H]4C(=O)O)cc3)c2)c2ncccc2c1=O. The number of amides is 1. The van der Waals surface area contributed by atoms with E-state index < -0.39 is 35.6 Å². The predicted octanol–water partition coefficient (Wildman–Crippen LogP) is 4.53. The van der Waals surface area contributed by atoms with E-state index >= 15 is 0 Å². The third kappa shape index (κ3) is 4.95. The summed E-state index contributed by atoms with van der Waals surface area (Å²) >= 11 is 0. The molecule has 0 unspecified atom stereocenters. The highest BCUT2D eigenvalue weighted by molar-refractivity contribution is 5.97. The fourth-order valence-electron chi connectivity index (χ4n) is 4.39. The average molecular weight is 507 g/mol. The monoisotopic (exact) mass is 507 g/mol. The van der Waals surface area contributed by atoms with E-state index in [1.165, 1.54) is 29.1 Å². The van der Waals surface area contributed by atoms with Crippen LogP contribution in [0, 0.1) is 5.92 Å². The maximum atomic E-state index is 12.9. The van der Waals surface area contributed by atoms with E-state index in [-0.39, 0.29) is 22.9 Å². The largest absolute Gasteiger partial charge is 0.481 e. The van der Waals surface area contributed by atoms with Crippen molar-refractivity contribution in [3.8, 4) is 16.8 Å². The van der Waals surface area contributed by atoms with Gasteiger partial charge in [-0.05, 0) is 53.3 Å². The molecule has 1 saturated carbocycles. The summed E-state index contributed by atoms with van der Waals surface area (Å²) in [7, 11) is 0. The summed E-state index contributed by atoms with van der Waals surface area (Å²) in [6.45, 7) is -1.56. The summed E-state index contributed by atoms with van der Waals surface area (Å²) in [5, 5.41) is 11.0. The Kier molecular flexibility index (Phi) is 6.02. The fraction of sp³-hybridized carbons (Fsp3) is 0.185. The Morgan fingerprint density at radius 2 is 1.81 bits per heavy atom. The molecular formula is C27H20F3N3O4. The molecule has 4 aromatic rings. The molecule has 1 amide bonds. The van der Waals surface area contributed by atoms with E-state index in [0.717, 1.165) is 16.7 Å². The number of aromatic nitrogens is 2.